The van der Waals surface area contributed by atoms with Crippen molar-refractivity contribution in [1.82, 2.24) is 0 Å². The van der Waals surface area contributed by atoms with Crippen LogP contribution in [0.5, 0.6) is 0 Å². The Hall–Kier alpha value is -0.923. The lowest BCUT2D eigenvalue weighted by atomic mass is 10.1. The Morgan fingerprint density at radius 1 is 1.18 bits per heavy atom. The maximum absolute atomic E-state index is 12.4. The van der Waals surface area contributed by atoms with E-state index in [2.05, 4.69) is 31.1 Å². The van der Waals surface area contributed by atoms with Crippen molar-refractivity contribution in [1.29, 1.82) is 0 Å². The van der Waals surface area contributed by atoms with Crippen LogP contribution in [0, 0.1) is 11.5 Å². The van der Waals surface area contributed by atoms with Crippen LogP contribution >= 0.6 is 11.6 Å². The second-order valence-corrected chi connectivity index (χ2v) is 9.85. The van der Waals surface area contributed by atoms with Gasteiger partial charge in [-0.1, -0.05) is 37.2 Å². The molecule has 92 valence electrons. The first kappa shape index (κ1) is 14.1. The van der Waals surface area contributed by atoms with E-state index in [-0.39, 0.29) is 5.02 Å². The largest absolute Gasteiger partial charge is 0.416 e. The van der Waals surface area contributed by atoms with Crippen LogP contribution < -0.4 is 0 Å². The van der Waals surface area contributed by atoms with Crippen molar-refractivity contribution in [3.05, 3.63) is 34.3 Å². The van der Waals surface area contributed by atoms with Crippen LogP contribution in [0.2, 0.25) is 24.7 Å². The first-order chi connectivity index (χ1) is 7.59. The summed E-state index contributed by atoms with van der Waals surface area (Å²) in [6.07, 6.45) is -4.37. The highest BCUT2D eigenvalue weighted by molar-refractivity contribution is 6.83. The van der Waals surface area contributed by atoms with Gasteiger partial charge in [0.15, 0.2) is 0 Å². The first-order valence-corrected chi connectivity index (χ1v) is 8.87. The Kier molecular flexibility index (Phi) is 3.95. The lowest BCUT2D eigenvalue weighted by Gasteiger charge is -2.08. The molecule has 17 heavy (non-hydrogen) atoms. The van der Waals surface area contributed by atoms with Crippen molar-refractivity contribution >= 4 is 19.7 Å². The van der Waals surface area contributed by atoms with Gasteiger partial charge in [0.25, 0.3) is 0 Å². The highest BCUT2D eigenvalue weighted by Crippen LogP contribution is 2.31. The molecule has 1 rings (SSSR count). The zero-order chi connectivity index (χ0) is 13.3. The molecule has 0 aliphatic rings. The third kappa shape index (κ3) is 4.45. The van der Waals surface area contributed by atoms with E-state index >= 15 is 0 Å². The van der Waals surface area contributed by atoms with Gasteiger partial charge in [0.05, 0.1) is 10.6 Å². The Labute approximate surface area is 105 Å². The third-order valence-corrected chi connectivity index (χ3v) is 3.06. The number of alkyl halides is 3. The summed E-state index contributed by atoms with van der Waals surface area (Å²) in [5, 5.41) is 0.0468. The van der Waals surface area contributed by atoms with Crippen molar-refractivity contribution in [2.24, 2.45) is 0 Å². The van der Waals surface area contributed by atoms with E-state index < -0.39 is 19.8 Å². The van der Waals surface area contributed by atoms with E-state index in [1.165, 1.54) is 6.07 Å². The standard InChI is InChI=1S/C12H12ClF3Si/c1-17(2,3)7-6-9-4-5-10(8-11(9)13)12(14,15)16/h4-5,8H,1-3H3. The number of hydrogen-bond acceptors (Lipinski definition) is 0. The molecule has 1 aromatic rings. The fraction of sp³-hybridized carbons (Fsp3) is 0.333. The molecule has 0 amide bonds. The van der Waals surface area contributed by atoms with Crippen molar-refractivity contribution in [2.75, 3.05) is 0 Å². The molecule has 0 spiro atoms. The van der Waals surface area contributed by atoms with Gasteiger partial charge >= 0.3 is 6.18 Å². The average Bonchev–Trinajstić information content (AvgIpc) is 2.12. The molecule has 0 heterocycles. The Bertz CT molecular complexity index is 475. The smallest absolute Gasteiger partial charge is 0.166 e. The molecule has 0 atom stereocenters. The maximum atomic E-state index is 12.4. The molecule has 0 aliphatic carbocycles. The summed E-state index contributed by atoms with van der Waals surface area (Å²) in [5.74, 6) is 2.84. The highest BCUT2D eigenvalue weighted by Gasteiger charge is 2.30. The van der Waals surface area contributed by atoms with Gasteiger partial charge in [-0.25, -0.2) is 0 Å². The maximum Gasteiger partial charge on any atom is 0.416 e. The van der Waals surface area contributed by atoms with E-state index in [1.54, 1.807) is 0 Å². The Morgan fingerprint density at radius 3 is 2.18 bits per heavy atom. The van der Waals surface area contributed by atoms with Crippen LogP contribution in [0.1, 0.15) is 11.1 Å². The summed E-state index contributed by atoms with van der Waals surface area (Å²) < 4.78 is 37.2. The molecule has 1 aromatic carbocycles. The first-order valence-electron chi connectivity index (χ1n) is 4.99. The summed E-state index contributed by atoms with van der Waals surface area (Å²) >= 11 is 5.78. The summed E-state index contributed by atoms with van der Waals surface area (Å²) in [7, 11) is -1.56. The molecule has 0 saturated heterocycles. The molecule has 0 aliphatic heterocycles. The predicted molar refractivity (Wildman–Crippen MR) is 66.7 cm³/mol. The molecular formula is C12H12ClF3Si. The molecule has 0 unspecified atom stereocenters. The van der Waals surface area contributed by atoms with Crippen LogP contribution in [0.4, 0.5) is 13.2 Å². The minimum Gasteiger partial charge on any atom is -0.166 e. The topological polar surface area (TPSA) is 0 Å². The fourth-order valence-electron chi connectivity index (χ4n) is 1.05. The van der Waals surface area contributed by atoms with Gasteiger partial charge in [0.1, 0.15) is 8.07 Å². The molecular weight excluding hydrogens is 265 g/mol. The number of rotatable bonds is 0. The van der Waals surface area contributed by atoms with Gasteiger partial charge in [-0.05, 0) is 18.2 Å². The SMILES string of the molecule is C[Si](C)(C)C#Cc1ccc(C(F)(F)F)cc1Cl. The molecule has 0 radical (unpaired) electrons. The summed E-state index contributed by atoms with van der Waals surface area (Å²) in [5.41, 5.74) is 2.76. The van der Waals surface area contributed by atoms with Gasteiger partial charge in [0.2, 0.25) is 0 Å². The van der Waals surface area contributed by atoms with Crippen LogP contribution in [0.15, 0.2) is 18.2 Å². The number of halogens is 4. The van der Waals surface area contributed by atoms with Gasteiger partial charge in [-0.2, -0.15) is 13.2 Å². The molecule has 0 nitrogen and oxygen atoms in total. The average molecular weight is 277 g/mol. The molecule has 0 bridgehead atoms. The summed E-state index contributed by atoms with van der Waals surface area (Å²) in [4.78, 5) is 0. The number of hydrogen-bond donors (Lipinski definition) is 0. The monoisotopic (exact) mass is 276 g/mol. The lowest BCUT2D eigenvalue weighted by Crippen LogP contribution is -2.16. The number of benzene rings is 1. The van der Waals surface area contributed by atoms with Crippen molar-refractivity contribution in [2.45, 2.75) is 25.8 Å². The zero-order valence-corrected chi connectivity index (χ0v) is 11.5. The van der Waals surface area contributed by atoms with E-state index in [9.17, 15) is 13.2 Å². The molecule has 0 fully saturated rings. The fourth-order valence-corrected chi connectivity index (χ4v) is 1.79. The van der Waals surface area contributed by atoms with Crippen molar-refractivity contribution < 1.29 is 13.2 Å². The molecule has 0 saturated carbocycles. The van der Waals surface area contributed by atoms with Crippen molar-refractivity contribution in [3.8, 4) is 11.5 Å². The minimum atomic E-state index is -4.37. The Morgan fingerprint density at radius 2 is 1.76 bits per heavy atom. The van der Waals surface area contributed by atoms with E-state index in [0.717, 1.165) is 12.1 Å². The van der Waals surface area contributed by atoms with Gasteiger partial charge in [-0.3, -0.25) is 0 Å². The van der Waals surface area contributed by atoms with Crippen molar-refractivity contribution in [3.63, 3.8) is 0 Å². The molecule has 5 heteroatoms. The normalized spacial score (nSPS) is 11.9. The highest BCUT2D eigenvalue weighted by atomic mass is 35.5. The summed E-state index contributed by atoms with van der Waals surface area (Å²) in [6.45, 7) is 6.16. The van der Waals surface area contributed by atoms with Crippen LogP contribution in [-0.4, -0.2) is 8.07 Å². The predicted octanol–water partition coefficient (Wildman–Crippen LogP) is 4.59. The second-order valence-electron chi connectivity index (χ2n) is 4.69. The van der Waals surface area contributed by atoms with E-state index in [0.29, 0.717) is 5.56 Å². The summed E-state index contributed by atoms with van der Waals surface area (Å²) in [6, 6.07) is 3.23. The second kappa shape index (κ2) is 4.75. The van der Waals surface area contributed by atoms with Gasteiger partial charge < -0.3 is 0 Å². The molecule has 0 N–H and O–H groups in total. The minimum absolute atomic E-state index is 0.0468. The van der Waals surface area contributed by atoms with E-state index in [4.69, 9.17) is 11.6 Å². The van der Waals surface area contributed by atoms with Crippen LogP contribution in [0.25, 0.3) is 0 Å². The van der Waals surface area contributed by atoms with E-state index in [1.807, 2.05) is 0 Å². The van der Waals surface area contributed by atoms with Crippen LogP contribution in [0.3, 0.4) is 0 Å². The van der Waals surface area contributed by atoms with Crippen LogP contribution in [-0.2, 0) is 6.18 Å². The Balaban J connectivity index is 3.10. The lowest BCUT2D eigenvalue weighted by molar-refractivity contribution is -0.137. The zero-order valence-electron chi connectivity index (χ0n) is 9.74. The van der Waals surface area contributed by atoms with Gasteiger partial charge in [0, 0.05) is 5.56 Å². The van der Waals surface area contributed by atoms with Gasteiger partial charge in [-0.15, -0.1) is 5.54 Å². The third-order valence-electron chi connectivity index (χ3n) is 1.87. The quantitative estimate of drug-likeness (QED) is 0.480. The molecule has 0 aromatic heterocycles.